The van der Waals surface area contributed by atoms with Crippen LogP contribution < -0.4 is 0 Å². The Kier molecular flexibility index (Phi) is 2.97. The van der Waals surface area contributed by atoms with Gasteiger partial charge in [0.15, 0.2) is 0 Å². The van der Waals surface area contributed by atoms with Crippen molar-refractivity contribution in [2.24, 2.45) is 5.41 Å². The lowest BCUT2D eigenvalue weighted by Crippen LogP contribution is -2.59. The van der Waals surface area contributed by atoms with Gasteiger partial charge in [0.25, 0.3) is 0 Å². The maximum atomic E-state index is 12.0. The number of hydrogen-bond acceptors (Lipinski definition) is 4. The molecular weight excluding hydrogens is 206 g/mol. The highest BCUT2D eigenvalue weighted by Gasteiger charge is 2.61. The van der Waals surface area contributed by atoms with Crippen molar-refractivity contribution in [2.75, 3.05) is 26.7 Å². The molecule has 1 unspecified atom stereocenters. The van der Waals surface area contributed by atoms with E-state index in [4.69, 9.17) is 4.74 Å². The molecule has 4 nitrogen and oxygen atoms in total. The maximum absolute atomic E-state index is 12.0. The van der Waals surface area contributed by atoms with Crippen molar-refractivity contribution in [3.05, 3.63) is 0 Å². The summed E-state index contributed by atoms with van der Waals surface area (Å²) in [7, 11) is 1.98. The normalized spacial score (nSPS) is 33.4. The smallest absolute Gasteiger partial charge is 0.315 e. The molecule has 4 heteroatoms. The van der Waals surface area contributed by atoms with Gasteiger partial charge in [0, 0.05) is 13.1 Å². The first kappa shape index (κ1) is 11.9. The molecule has 1 heterocycles. The molecule has 0 spiro atoms. The Morgan fingerprint density at radius 2 is 2.12 bits per heavy atom. The van der Waals surface area contributed by atoms with E-state index in [0.29, 0.717) is 19.6 Å². The van der Waals surface area contributed by atoms with Crippen LogP contribution in [0.15, 0.2) is 0 Å². The summed E-state index contributed by atoms with van der Waals surface area (Å²) in [6, 6.07) is 0. The number of ether oxygens (including phenoxy) is 1. The molecule has 2 fully saturated rings. The topological polar surface area (TPSA) is 49.8 Å². The highest BCUT2D eigenvalue weighted by Crippen LogP contribution is 2.53. The van der Waals surface area contributed by atoms with E-state index in [1.807, 2.05) is 14.0 Å². The van der Waals surface area contributed by atoms with Gasteiger partial charge in [-0.2, -0.15) is 0 Å². The highest BCUT2D eigenvalue weighted by atomic mass is 16.5. The quantitative estimate of drug-likeness (QED) is 0.724. The first-order valence-electron chi connectivity index (χ1n) is 6.12. The zero-order valence-corrected chi connectivity index (χ0v) is 10.2. The lowest BCUT2D eigenvalue weighted by Gasteiger charge is -2.49. The van der Waals surface area contributed by atoms with E-state index < -0.39 is 11.0 Å². The van der Waals surface area contributed by atoms with Crippen molar-refractivity contribution < 1.29 is 14.6 Å². The average Bonchev–Trinajstić information content (AvgIpc) is 2.45. The van der Waals surface area contributed by atoms with Crippen LogP contribution in [-0.2, 0) is 9.53 Å². The summed E-state index contributed by atoms with van der Waals surface area (Å²) < 4.78 is 5.14. The monoisotopic (exact) mass is 227 g/mol. The summed E-state index contributed by atoms with van der Waals surface area (Å²) in [6.45, 7) is 3.66. The Bertz CT molecular complexity index is 288. The second-order valence-corrected chi connectivity index (χ2v) is 5.18. The minimum Gasteiger partial charge on any atom is -0.465 e. The average molecular weight is 227 g/mol. The fraction of sp³-hybridized carbons (Fsp3) is 0.917. The van der Waals surface area contributed by atoms with E-state index in [9.17, 15) is 9.90 Å². The molecule has 1 saturated carbocycles. The largest absolute Gasteiger partial charge is 0.465 e. The number of likely N-dealkylation sites (N-methyl/N-ethyl adjacent to an activating group) is 1. The second kappa shape index (κ2) is 4.00. The van der Waals surface area contributed by atoms with Crippen molar-refractivity contribution in [2.45, 2.75) is 38.2 Å². The standard InChI is InChI=1S/C12H21NO3/c1-3-16-10(14)11(5-4-6-11)12(15)7-8-13(2)9-12/h15H,3-9H2,1-2H3. The van der Waals surface area contributed by atoms with E-state index in [-0.39, 0.29) is 5.97 Å². The predicted molar refractivity (Wildman–Crippen MR) is 60.0 cm³/mol. The highest BCUT2D eigenvalue weighted by molar-refractivity contribution is 5.79. The van der Waals surface area contributed by atoms with Crippen LogP contribution in [0.4, 0.5) is 0 Å². The zero-order valence-electron chi connectivity index (χ0n) is 10.2. The van der Waals surface area contributed by atoms with Crippen molar-refractivity contribution in [3.8, 4) is 0 Å². The van der Waals surface area contributed by atoms with Gasteiger partial charge in [-0.05, 0) is 33.2 Å². The molecular formula is C12H21NO3. The number of aliphatic hydroxyl groups is 1. The summed E-state index contributed by atoms with van der Waals surface area (Å²) in [5.41, 5.74) is -1.49. The minimum absolute atomic E-state index is 0.195. The number of hydrogen-bond donors (Lipinski definition) is 1. The Morgan fingerprint density at radius 3 is 2.50 bits per heavy atom. The Morgan fingerprint density at radius 1 is 1.44 bits per heavy atom. The van der Waals surface area contributed by atoms with E-state index in [2.05, 4.69) is 4.90 Å². The lowest BCUT2D eigenvalue weighted by atomic mass is 9.58. The zero-order chi connectivity index (χ0) is 11.8. The molecule has 0 aromatic heterocycles. The van der Waals surface area contributed by atoms with Gasteiger partial charge in [-0.15, -0.1) is 0 Å². The summed E-state index contributed by atoms with van der Waals surface area (Å²) >= 11 is 0. The fourth-order valence-electron chi connectivity index (χ4n) is 3.03. The van der Waals surface area contributed by atoms with Gasteiger partial charge in [-0.1, -0.05) is 6.42 Å². The number of carbonyl (C=O) groups excluding carboxylic acids is 1. The van der Waals surface area contributed by atoms with Crippen LogP contribution in [-0.4, -0.2) is 48.3 Å². The Hall–Kier alpha value is -0.610. The van der Waals surface area contributed by atoms with Gasteiger partial charge in [0.05, 0.1) is 17.6 Å². The molecule has 0 radical (unpaired) electrons. The molecule has 1 atom stereocenters. The first-order chi connectivity index (χ1) is 7.54. The van der Waals surface area contributed by atoms with Gasteiger partial charge in [0.1, 0.15) is 0 Å². The molecule has 0 aromatic carbocycles. The fourth-order valence-corrected chi connectivity index (χ4v) is 3.03. The van der Waals surface area contributed by atoms with E-state index in [0.717, 1.165) is 25.8 Å². The molecule has 2 rings (SSSR count). The molecule has 92 valence electrons. The van der Waals surface area contributed by atoms with Crippen LogP contribution in [0.5, 0.6) is 0 Å². The molecule has 1 aliphatic carbocycles. The number of carbonyl (C=O) groups is 1. The summed E-state index contributed by atoms with van der Waals surface area (Å²) in [5, 5.41) is 10.7. The molecule has 1 N–H and O–H groups in total. The Labute approximate surface area is 96.6 Å². The third kappa shape index (κ3) is 1.55. The molecule has 0 amide bonds. The molecule has 16 heavy (non-hydrogen) atoms. The van der Waals surface area contributed by atoms with E-state index in [1.165, 1.54) is 0 Å². The van der Waals surface area contributed by atoms with Crippen molar-refractivity contribution in [1.82, 2.24) is 4.90 Å². The number of nitrogens with zero attached hydrogens (tertiary/aromatic N) is 1. The molecule has 1 aliphatic heterocycles. The Balaban J connectivity index is 2.18. The third-order valence-corrected chi connectivity index (χ3v) is 4.20. The van der Waals surface area contributed by atoms with Crippen molar-refractivity contribution in [3.63, 3.8) is 0 Å². The SMILES string of the molecule is CCOC(=O)C1(C2(O)CCN(C)C2)CCC1. The molecule has 1 saturated heterocycles. The van der Waals surface area contributed by atoms with Crippen molar-refractivity contribution in [1.29, 1.82) is 0 Å². The summed E-state index contributed by atoms with van der Waals surface area (Å²) in [5.74, 6) is -0.195. The molecule has 0 aromatic rings. The van der Waals surface area contributed by atoms with Crippen LogP contribution in [0.1, 0.15) is 32.6 Å². The van der Waals surface area contributed by atoms with Crippen LogP contribution in [0, 0.1) is 5.41 Å². The second-order valence-electron chi connectivity index (χ2n) is 5.18. The van der Waals surface area contributed by atoms with Crippen LogP contribution in [0.3, 0.4) is 0 Å². The van der Waals surface area contributed by atoms with Gasteiger partial charge < -0.3 is 14.7 Å². The first-order valence-corrected chi connectivity index (χ1v) is 6.12. The summed E-state index contributed by atoms with van der Waals surface area (Å²) in [6.07, 6.45) is 3.25. The van der Waals surface area contributed by atoms with Gasteiger partial charge in [-0.3, -0.25) is 4.79 Å². The molecule has 2 aliphatic rings. The maximum Gasteiger partial charge on any atom is 0.315 e. The van der Waals surface area contributed by atoms with Gasteiger partial charge in [-0.25, -0.2) is 0 Å². The van der Waals surface area contributed by atoms with Crippen LogP contribution in [0.2, 0.25) is 0 Å². The van der Waals surface area contributed by atoms with Crippen LogP contribution in [0.25, 0.3) is 0 Å². The number of β-amino-alcohol motifs (C(OH)–C–C–N with tert-alkyl or cyclic N) is 1. The van der Waals surface area contributed by atoms with E-state index >= 15 is 0 Å². The minimum atomic E-state index is -0.869. The molecule has 0 bridgehead atoms. The number of likely N-dealkylation sites (tertiary alicyclic amines) is 1. The lowest BCUT2D eigenvalue weighted by molar-refractivity contribution is -0.187. The van der Waals surface area contributed by atoms with Gasteiger partial charge in [0.2, 0.25) is 0 Å². The number of rotatable bonds is 3. The predicted octanol–water partition coefficient (Wildman–Crippen LogP) is 0.786. The number of esters is 1. The van der Waals surface area contributed by atoms with Crippen LogP contribution >= 0.6 is 0 Å². The third-order valence-electron chi connectivity index (χ3n) is 4.20. The van der Waals surface area contributed by atoms with E-state index in [1.54, 1.807) is 0 Å². The summed E-state index contributed by atoms with van der Waals surface area (Å²) in [4.78, 5) is 14.1. The van der Waals surface area contributed by atoms with Crippen molar-refractivity contribution >= 4 is 5.97 Å². The van der Waals surface area contributed by atoms with Gasteiger partial charge >= 0.3 is 5.97 Å².